The molecule has 0 amide bonds. The molecular formula is C17H24N4. The molecule has 0 aliphatic rings. The first-order chi connectivity index (χ1) is 10.1. The fourth-order valence-electron chi connectivity index (χ4n) is 2.13. The first-order valence-electron chi connectivity index (χ1n) is 7.56. The molecule has 0 radical (unpaired) electrons. The van der Waals surface area contributed by atoms with Crippen LogP contribution in [0.15, 0.2) is 30.3 Å². The minimum atomic E-state index is 0.698. The molecule has 0 bridgehead atoms. The van der Waals surface area contributed by atoms with E-state index in [0.29, 0.717) is 5.95 Å². The van der Waals surface area contributed by atoms with Crippen LogP contribution in [0.4, 0.5) is 17.5 Å². The molecule has 4 nitrogen and oxygen atoms in total. The maximum absolute atomic E-state index is 4.59. The fourth-order valence-corrected chi connectivity index (χ4v) is 2.13. The van der Waals surface area contributed by atoms with Crippen molar-refractivity contribution in [1.29, 1.82) is 0 Å². The number of hydrogen-bond donors (Lipinski definition) is 1. The van der Waals surface area contributed by atoms with Crippen molar-refractivity contribution in [3.05, 3.63) is 41.6 Å². The summed E-state index contributed by atoms with van der Waals surface area (Å²) in [5.74, 6) is 1.61. The molecule has 0 spiro atoms. The number of nitrogens with one attached hydrogen (secondary N) is 1. The maximum Gasteiger partial charge on any atom is 0.224 e. The quantitative estimate of drug-likeness (QED) is 0.872. The van der Waals surface area contributed by atoms with Crippen LogP contribution in [0.3, 0.4) is 0 Å². The van der Waals surface area contributed by atoms with Gasteiger partial charge in [0.25, 0.3) is 0 Å². The Kier molecular flexibility index (Phi) is 5.14. The highest BCUT2D eigenvalue weighted by Gasteiger charge is 2.08. The second-order valence-corrected chi connectivity index (χ2v) is 5.20. The summed E-state index contributed by atoms with van der Waals surface area (Å²) in [6, 6.07) is 10.6. The van der Waals surface area contributed by atoms with Gasteiger partial charge in [-0.1, -0.05) is 26.0 Å². The van der Waals surface area contributed by atoms with E-state index in [1.807, 2.05) is 20.0 Å². The Balaban J connectivity index is 2.24. The number of aromatic nitrogens is 2. The van der Waals surface area contributed by atoms with E-state index in [0.717, 1.165) is 36.6 Å². The zero-order valence-electron chi connectivity index (χ0n) is 13.3. The van der Waals surface area contributed by atoms with Gasteiger partial charge in [-0.25, -0.2) is 4.98 Å². The van der Waals surface area contributed by atoms with Gasteiger partial charge in [-0.2, -0.15) is 4.98 Å². The van der Waals surface area contributed by atoms with E-state index in [9.17, 15) is 0 Å². The molecule has 0 atom stereocenters. The molecule has 0 fully saturated rings. The molecule has 0 aliphatic heterocycles. The second-order valence-electron chi connectivity index (χ2n) is 5.20. The highest BCUT2D eigenvalue weighted by molar-refractivity contribution is 5.60. The Morgan fingerprint density at radius 3 is 2.43 bits per heavy atom. The van der Waals surface area contributed by atoms with Crippen LogP contribution < -0.4 is 10.2 Å². The molecule has 0 aliphatic carbocycles. The molecule has 0 saturated heterocycles. The number of rotatable bonds is 6. The largest absolute Gasteiger partial charge is 0.354 e. The smallest absolute Gasteiger partial charge is 0.224 e. The van der Waals surface area contributed by atoms with Crippen molar-refractivity contribution in [3.8, 4) is 0 Å². The molecule has 21 heavy (non-hydrogen) atoms. The summed E-state index contributed by atoms with van der Waals surface area (Å²) in [5, 5.41) is 3.25. The predicted molar refractivity (Wildman–Crippen MR) is 89.4 cm³/mol. The van der Waals surface area contributed by atoms with Crippen LogP contribution in [0.1, 0.15) is 31.5 Å². The molecule has 0 saturated carbocycles. The van der Waals surface area contributed by atoms with Crippen molar-refractivity contribution in [1.82, 2.24) is 9.97 Å². The topological polar surface area (TPSA) is 41.1 Å². The Labute approximate surface area is 127 Å². The van der Waals surface area contributed by atoms with Gasteiger partial charge in [-0.05, 0) is 37.5 Å². The van der Waals surface area contributed by atoms with Gasteiger partial charge >= 0.3 is 0 Å². The van der Waals surface area contributed by atoms with Crippen molar-refractivity contribution in [3.63, 3.8) is 0 Å². The van der Waals surface area contributed by atoms with Crippen molar-refractivity contribution < 1.29 is 0 Å². The van der Waals surface area contributed by atoms with Gasteiger partial charge in [0.2, 0.25) is 5.95 Å². The Morgan fingerprint density at radius 1 is 1.10 bits per heavy atom. The molecule has 2 rings (SSSR count). The molecule has 112 valence electrons. The Morgan fingerprint density at radius 2 is 1.81 bits per heavy atom. The highest BCUT2D eigenvalue weighted by atomic mass is 15.2. The molecule has 1 heterocycles. The van der Waals surface area contributed by atoms with Crippen LogP contribution in [0.2, 0.25) is 0 Å². The van der Waals surface area contributed by atoms with Crippen LogP contribution in [0.5, 0.6) is 0 Å². The molecule has 0 unspecified atom stereocenters. The van der Waals surface area contributed by atoms with Gasteiger partial charge in [0, 0.05) is 31.0 Å². The summed E-state index contributed by atoms with van der Waals surface area (Å²) >= 11 is 0. The standard InChI is InChI=1S/C17H24N4/c1-5-11-18-17-19-13(3)12-16(20-17)21(4)15-9-7-14(6-2)8-10-15/h7-10,12H,5-6,11H2,1-4H3,(H,18,19,20). The lowest BCUT2D eigenvalue weighted by Gasteiger charge is -2.19. The normalized spacial score (nSPS) is 10.5. The van der Waals surface area contributed by atoms with Crippen molar-refractivity contribution in [2.24, 2.45) is 0 Å². The summed E-state index contributed by atoms with van der Waals surface area (Å²) in [4.78, 5) is 11.1. The summed E-state index contributed by atoms with van der Waals surface area (Å²) in [7, 11) is 2.03. The molecule has 4 heteroatoms. The van der Waals surface area contributed by atoms with Crippen LogP contribution in [-0.2, 0) is 6.42 Å². The first kappa shape index (κ1) is 15.3. The van der Waals surface area contributed by atoms with Gasteiger partial charge in [0.05, 0.1) is 0 Å². The van der Waals surface area contributed by atoms with Crippen LogP contribution in [-0.4, -0.2) is 23.6 Å². The second kappa shape index (κ2) is 7.07. The minimum Gasteiger partial charge on any atom is -0.354 e. The average molecular weight is 284 g/mol. The first-order valence-corrected chi connectivity index (χ1v) is 7.56. The van der Waals surface area contributed by atoms with Crippen LogP contribution in [0, 0.1) is 6.92 Å². The van der Waals surface area contributed by atoms with Gasteiger partial charge in [-0.15, -0.1) is 0 Å². The van der Waals surface area contributed by atoms with E-state index in [1.165, 1.54) is 5.56 Å². The van der Waals surface area contributed by atoms with Gasteiger partial charge in [-0.3, -0.25) is 0 Å². The number of anilines is 3. The molecule has 1 aromatic carbocycles. The third-order valence-corrected chi connectivity index (χ3v) is 3.45. The average Bonchev–Trinajstić information content (AvgIpc) is 2.51. The lowest BCUT2D eigenvalue weighted by molar-refractivity contribution is 0.941. The van der Waals surface area contributed by atoms with Gasteiger partial charge in [0.1, 0.15) is 5.82 Å². The zero-order chi connectivity index (χ0) is 15.2. The number of aryl methyl sites for hydroxylation is 2. The van der Waals surface area contributed by atoms with E-state index < -0.39 is 0 Å². The number of hydrogen-bond acceptors (Lipinski definition) is 4. The third kappa shape index (κ3) is 3.94. The number of nitrogens with zero attached hydrogens (tertiary/aromatic N) is 3. The molecule has 1 aromatic heterocycles. The van der Waals surface area contributed by atoms with Gasteiger partial charge in [0.15, 0.2) is 0 Å². The summed E-state index contributed by atoms with van der Waals surface area (Å²) < 4.78 is 0. The summed E-state index contributed by atoms with van der Waals surface area (Å²) in [6.45, 7) is 7.18. The summed E-state index contributed by atoms with van der Waals surface area (Å²) in [6.07, 6.45) is 2.11. The Bertz CT molecular complexity index is 578. The maximum atomic E-state index is 4.59. The fraction of sp³-hybridized carbons (Fsp3) is 0.412. The van der Waals surface area contributed by atoms with E-state index >= 15 is 0 Å². The van der Waals surface area contributed by atoms with Gasteiger partial charge < -0.3 is 10.2 Å². The van der Waals surface area contributed by atoms with E-state index in [1.54, 1.807) is 0 Å². The van der Waals surface area contributed by atoms with Crippen LogP contribution >= 0.6 is 0 Å². The van der Waals surface area contributed by atoms with E-state index in [-0.39, 0.29) is 0 Å². The highest BCUT2D eigenvalue weighted by Crippen LogP contribution is 2.23. The third-order valence-electron chi connectivity index (χ3n) is 3.45. The van der Waals surface area contributed by atoms with E-state index in [2.05, 4.69) is 58.3 Å². The zero-order valence-corrected chi connectivity index (χ0v) is 13.3. The minimum absolute atomic E-state index is 0.698. The molecule has 1 N–H and O–H groups in total. The monoisotopic (exact) mass is 284 g/mol. The lowest BCUT2D eigenvalue weighted by Crippen LogP contribution is -2.14. The number of benzene rings is 1. The van der Waals surface area contributed by atoms with Crippen molar-refractivity contribution >= 4 is 17.5 Å². The molecular weight excluding hydrogens is 260 g/mol. The summed E-state index contributed by atoms with van der Waals surface area (Å²) in [5.41, 5.74) is 3.44. The van der Waals surface area contributed by atoms with Crippen LogP contribution in [0.25, 0.3) is 0 Å². The van der Waals surface area contributed by atoms with E-state index in [4.69, 9.17) is 0 Å². The lowest BCUT2D eigenvalue weighted by atomic mass is 10.1. The SMILES string of the molecule is CCCNc1nc(C)cc(N(C)c2ccc(CC)cc2)n1. The molecule has 2 aromatic rings. The van der Waals surface area contributed by atoms with Crippen molar-refractivity contribution in [2.75, 3.05) is 23.8 Å². The predicted octanol–water partition coefficient (Wildman–Crippen LogP) is 3.94. The van der Waals surface area contributed by atoms with Crippen molar-refractivity contribution in [2.45, 2.75) is 33.6 Å². The Hall–Kier alpha value is -2.10.